The van der Waals surface area contributed by atoms with Gasteiger partial charge in [0.05, 0.1) is 29.7 Å². The summed E-state index contributed by atoms with van der Waals surface area (Å²) in [6.07, 6.45) is -3.88. The zero-order valence-corrected chi connectivity index (χ0v) is 22.3. The van der Waals surface area contributed by atoms with Gasteiger partial charge in [0.2, 0.25) is 10.0 Å². The second-order valence-electron chi connectivity index (χ2n) is 9.50. The number of nitrogens with zero attached hydrogens (tertiary/aromatic N) is 3. The topological polar surface area (TPSA) is 98.4 Å². The quantitative estimate of drug-likeness (QED) is 0.431. The first-order valence-corrected chi connectivity index (χ1v) is 14.0. The minimum Gasteiger partial charge on any atom is -0.339 e. The predicted octanol–water partition coefficient (Wildman–Crippen LogP) is 4.61. The Kier molecular flexibility index (Phi) is 7.10. The Bertz CT molecular complexity index is 1560. The van der Waals surface area contributed by atoms with Crippen molar-refractivity contribution in [3.63, 3.8) is 0 Å². The van der Waals surface area contributed by atoms with Gasteiger partial charge >= 0.3 is 6.18 Å². The van der Waals surface area contributed by atoms with E-state index in [1.807, 2.05) is 6.92 Å². The molecule has 0 bridgehead atoms. The summed E-state index contributed by atoms with van der Waals surface area (Å²) in [5.74, 6) is -1.68. The molecule has 0 spiro atoms. The van der Waals surface area contributed by atoms with Crippen molar-refractivity contribution < 1.29 is 26.4 Å². The zero-order valence-electron chi connectivity index (χ0n) is 20.7. The van der Waals surface area contributed by atoms with Crippen LogP contribution in [0.1, 0.15) is 46.1 Å². The van der Waals surface area contributed by atoms with Gasteiger partial charge < -0.3 is 4.98 Å². The molecule has 2 N–H and O–H groups in total. The minimum absolute atomic E-state index is 0.0203. The fourth-order valence-corrected chi connectivity index (χ4v) is 6.86. The molecular weight excluding hydrogens is 551 g/mol. The number of imidazole rings is 1. The van der Waals surface area contributed by atoms with E-state index in [1.165, 1.54) is 22.8 Å². The molecule has 1 saturated heterocycles. The molecule has 2 atom stereocenters. The van der Waals surface area contributed by atoms with E-state index in [-0.39, 0.29) is 41.7 Å². The van der Waals surface area contributed by atoms with Crippen LogP contribution in [0.3, 0.4) is 0 Å². The highest BCUT2D eigenvalue weighted by molar-refractivity contribution is 7.89. The standard InChI is InChI=1S/C26H24F3N5O3S2/c1-16-6-8-19(9-7-16)39(36,37)34-11-10-18(26(27,28)29)12-21(34)20-5-3-2-4-17(20)13-33-22(14-38)32-25(35)23-24(33)31-15-30-23/h2-9,15,18,21H,10-13H2,1H3,(H,30,31)(H,32,35)/t18-,21-/m1/s1. The number of thiocarbonyl (C=S) groups is 1. The first kappa shape index (κ1) is 27.1. The summed E-state index contributed by atoms with van der Waals surface area (Å²) in [5.41, 5.74) is 2.04. The Morgan fingerprint density at radius 2 is 1.87 bits per heavy atom. The van der Waals surface area contributed by atoms with Crippen LogP contribution >= 0.6 is 12.2 Å². The summed E-state index contributed by atoms with van der Waals surface area (Å²) in [6, 6.07) is 11.9. The van der Waals surface area contributed by atoms with Crippen molar-refractivity contribution >= 4 is 39.0 Å². The van der Waals surface area contributed by atoms with Gasteiger partial charge in [0, 0.05) is 6.54 Å². The first-order chi connectivity index (χ1) is 18.5. The maximum atomic E-state index is 13.9. The monoisotopic (exact) mass is 575 g/mol. The number of hydrogen-bond acceptors (Lipinski definition) is 6. The average Bonchev–Trinajstić information content (AvgIpc) is 3.41. The molecule has 0 saturated carbocycles. The molecule has 3 heterocycles. The van der Waals surface area contributed by atoms with Crippen LogP contribution in [0.15, 0.2) is 65.6 Å². The van der Waals surface area contributed by atoms with E-state index in [0.29, 0.717) is 11.1 Å². The Labute approximate surface area is 228 Å². The zero-order chi connectivity index (χ0) is 27.9. The number of rotatable bonds is 5. The average molecular weight is 576 g/mol. The van der Waals surface area contributed by atoms with Crippen molar-refractivity contribution in [1.29, 1.82) is 0 Å². The minimum atomic E-state index is -4.47. The van der Waals surface area contributed by atoms with Crippen LogP contribution in [-0.4, -0.2) is 46.3 Å². The predicted molar refractivity (Wildman–Crippen MR) is 141 cm³/mol. The van der Waals surface area contributed by atoms with Crippen molar-refractivity contribution in [2.45, 2.75) is 43.4 Å². The number of aryl methyl sites for hydroxylation is 1. The number of nitrogens with one attached hydrogen (secondary N) is 2. The lowest BCUT2D eigenvalue weighted by Crippen LogP contribution is -2.45. The Morgan fingerprint density at radius 3 is 2.56 bits per heavy atom. The van der Waals surface area contributed by atoms with Crippen LogP contribution in [0.25, 0.3) is 0 Å². The third-order valence-corrected chi connectivity index (χ3v) is 9.20. The van der Waals surface area contributed by atoms with E-state index in [4.69, 9.17) is 12.2 Å². The number of sulfonamides is 1. The van der Waals surface area contributed by atoms with Gasteiger partial charge in [-0.15, -0.1) is 0 Å². The molecule has 3 aromatic rings. The number of anilines is 1. The van der Waals surface area contributed by atoms with Crippen molar-refractivity contribution in [3.05, 3.63) is 83.1 Å². The smallest absolute Gasteiger partial charge is 0.339 e. The normalized spacial score (nSPS) is 20.4. The number of aromatic amines is 1. The van der Waals surface area contributed by atoms with Crippen LogP contribution in [0.4, 0.5) is 19.0 Å². The van der Waals surface area contributed by atoms with Crippen LogP contribution in [-0.2, 0) is 16.6 Å². The number of piperidine rings is 1. The number of fused-ring (bicyclic) bond motifs is 1. The second kappa shape index (κ2) is 10.2. The third-order valence-electron chi connectivity index (χ3n) is 7.09. The molecule has 8 nitrogen and oxygen atoms in total. The van der Waals surface area contributed by atoms with Crippen LogP contribution < -0.4 is 10.2 Å². The summed E-state index contributed by atoms with van der Waals surface area (Å²) in [5, 5.41) is 5.13. The van der Waals surface area contributed by atoms with Crippen molar-refractivity contribution in [1.82, 2.24) is 19.6 Å². The van der Waals surface area contributed by atoms with Crippen molar-refractivity contribution in [3.8, 4) is 0 Å². The van der Waals surface area contributed by atoms with Gasteiger partial charge in [-0.05, 0) is 60.3 Å². The number of halogens is 3. The van der Waals surface area contributed by atoms with Crippen LogP contribution in [0, 0.1) is 12.8 Å². The molecule has 2 aromatic carbocycles. The highest BCUT2D eigenvalue weighted by atomic mass is 32.2. The van der Waals surface area contributed by atoms with Gasteiger partial charge in [0.25, 0.3) is 5.91 Å². The molecule has 2 aliphatic rings. The molecule has 0 radical (unpaired) electrons. The van der Waals surface area contributed by atoms with Gasteiger partial charge in [-0.25, -0.2) is 13.4 Å². The maximum Gasteiger partial charge on any atom is 0.391 e. The van der Waals surface area contributed by atoms with Gasteiger partial charge in [0.15, 0.2) is 11.6 Å². The summed E-state index contributed by atoms with van der Waals surface area (Å²) in [4.78, 5) is 21.0. The molecule has 1 aromatic heterocycles. The molecule has 39 heavy (non-hydrogen) atoms. The summed E-state index contributed by atoms with van der Waals surface area (Å²) in [6.45, 7) is 1.59. The largest absolute Gasteiger partial charge is 0.391 e. The fraction of sp³-hybridized carbons (Fsp3) is 0.308. The fourth-order valence-electron chi connectivity index (χ4n) is 5.07. The molecule has 2 aliphatic heterocycles. The number of H-pyrrole nitrogens is 1. The number of hydrogen-bond donors (Lipinski definition) is 2. The SMILES string of the molecule is Cc1ccc(S(=O)(=O)N2CC[C@@H](C(F)(F)F)C[C@@H]2c2ccccc2CN2C(=C=S)NC(=O)c3[nH]cnc32)cc1. The van der Waals surface area contributed by atoms with E-state index in [0.717, 1.165) is 5.56 Å². The third kappa shape index (κ3) is 5.10. The van der Waals surface area contributed by atoms with Crippen LogP contribution in [0.2, 0.25) is 0 Å². The first-order valence-electron chi connectivity index (χ1n) is 12.1. The van der Waals surface area contributed by atoms with Crippen molar-refractivity contribution in [2.24, 2.45) is 5.92 Å². The van der Waals surface area contributed by atoms with E-state index in [2.05, 4.69) is 20.3 Å². The van der Waals surface area contributed by atoms with E-state index >= 15 is 0 Å². The van der Waals surface area contributed by atoms with Gasteiger partial charge in [-0.3, -0.25) is 15.0 Å². The van der Waals surface area contributed by atoms with E-state index < -0.39 is 40.5 Å². The molecule has 5 rings (SSSR count). The summed E-state index contributed by atoms with van der Waals surface area (Å²) in [7, 11) is -4.11. The molecule has 0 unspecified atom stereocenters. The number of carbonyl (C=O) groups is 1. The van der Waals surface area contributed by atoms with Gasteiger partial charge in [0.1, 0.15) is 5.69 Å². The number of aromatic nitrogens is 2. The number of alkyl halides is 3. The Balaban J connectivity index is 1.58. The Morgan fingerprint density at radius 1 is 1.15 bits per heavy atom. The summed E-state index contributed by atoms with van der Waals surface area (Å²) >= 11 is 4.97. The molecule has 1 fully saturated rings. The maximum absolute atomic E-state index is 13.9. The highest BCUT2D eigenvalue weighted by Crippen LogP contribution is 2.45. The van der Waals surface area contributed by atoms with Gasteiger partial charge in [-0.2, -0.15) is 17.5 Å². The number of carbonyl (C=O) groups excluding carboxylic acids is 1. The second-order valence-corrected chi connectivity index (χ2v) is 11.6. The Hall–Kier alpha value is -3.51. The van der Waals surface area contributed by atoms with Crippen LogP contribution in [0.5, 0.6) is 0 Å². The molecule has 204 valence electrons. The number of benzene rings is 2. The van der Waals surface area contributed by atoms with E-state index in [1.54, 1.807) is 41.3 Å². The number of amides is 1. The lowest BCUT2D eigenvalue weighted by Gasteiger charge is -2.40. The molecule has 13 heteroatoms. The molecule has 0 aliphatic carbocycles. The molecular formula is C26H24F3N5O3S2. The van der Waals surface area contributed by atoms with Gasteiger partial charge in [-0.1, -0.05) is 42.0 Å². The highest BCUT2D eigenvalue weighted by Gasteiger charge is 2.48. The van der Waals surface area contributed by atoms with E-state index in [9.17, 15) is 26.4 Å². The lowest BCUT2D eigenvalue weighted by atomic mass is 9.86. The van der Waals surface area contributed by atoms with Crippen molar-refractivity contribution in [2.75, 3.05) is 11.4 Å². The summed E-state index contributed by atoms with van der Waals surface area (Å²) < 4.78 is 70.4. The molecule has 1 amide bonds. The lowest BCUT2D eigenvalue weighted by molar-refractivity contribution is -0.187.